The zero-order valence-electron chi connectivity index (χ0n) is 18.6. The van der Waals surface area contributed by atoms with Crippen molar-refractivity contribution in [2.45, 2.75) is 24.4 Å². The van der Waals surface area contributed by atoms with Crippen molar-refractivity contribution in [3.05, 3.63) is 144 Å². The Labute approximate surface area is 196 Å². The highest BCUT2D eigenvalue weighted by Gasteiger charge is 2.31. The molecule has 0 aliphatic carbocycles. The zero-order chi connectivity index (χ0) is 23.1. The molecule has 0 saturated heterocycles. The highest BCUT2D eigenvalue weighted by Crippen LogP contribution is 2.31. The first-order valence-corrected chi connectivity index (χ1v) is 12.4. The first-order valence-electron chi connectivity index (χ1n) is 10.9. The third-order valence-corrected chi connectivity index (χ3v) is 7.37. The van der Waals surface area contributed by atoms with Crippen LogP contribution < -0.4 is 0 Å². The van der Waals surface area contributed by atoms with Crippen molar-refractivity contribution in [1.82, 2.24) is 4.31 Å². The van der Waals surface area contributed by atoms with Gasteiger partial charge in [0.05, 0.1) is 10.9 Å². The van der Waals surface area contributed by atoms with Gasteiger partial charge in [-0.1, -0.05) is 121 Å². The van der Waals surface area contributed by atoms with Gasteiger partial charge in [-0.3, -0.25) is 0 Å². The summed E-state index contributed by atoms with van der Waals surface area (Å²) in [6.07, 6.45) is 3.96. The number of benzene rings is 4. The van der Waals surface area contributed by atoms with Crippen LogP contribution in [0.1, 0.15) is 28.3 Å². The number of sulfonamides is 1. The van der Waals surface area contributed by atoms with Crippen LogP contribution in [0.3, 0.4) is 0 Å². The third kappa shape index (κ3) is 5.67. The third-order valence-electron chi connectivity index (χ3n) is 5.53. The topological polar surface area (TPSA) is 37.4 Å². The first kappa shape index (κ1) is 22.7. The lowest BCUT2D eigenvalue weighted by atomic mass is 10.0. The summed E-state index contributed by atoms with van der Waals surface area (Å²) in [5, 5.41) is 0. The van der Waals surface area contributed by atoms with Crippen LogP contribution in [0.25, 0.3) is 6.08 Å². The van der Waals surface area contributed by atoms with Crippen molar-refractivity contribution in [2.75, 3.05) is 0 Å². The summed E-state index contributed by atoms with van der Waals surface area (Å²) in [6, 6.07) is 36.0. The molecule has 4 heteroatoms. The van der Waals surface area contributed by atoms with E-state index >= 15 is 0 Å². The molecule has 3 nitrogen and oxygen atoms in total. The largest absolute Gasteiger partial charge is 0.244 e. The Bertz CT molecular complexity index is 1280. The highest BCUT2D eigenvalue weighted by molar-refractivity contribution is 7.89. The molecule has 1 atom stereocenters. The maximum Gasteiger partial charge on any atom is 0.244 e. The predicted octanol–water partition coefficient (Wildman–Crippen LogP) is 6.64. The van der Waals surface area contributed by atoms with E-state index in [0.29, 0.717) is 0 Å². The Balaban J connectivity index is 1.83. The zero-order valence-corrected chi connectivity index (χ0v) is 19.4. The van der Waals surface area contributed by atoms with E-state index in [1.807, 2.05) is 122 Å². The molecule has 4 aromatic carbocycles. The van der Waals surface area contributed by atoms with Crippen molar-refractivity contribution in [2.24, 2.45) is 0 Å². The van der Waals surface area contributed by atoms with Gasteiger partial charge < -0.3 is 0 Å². The maximum absolute atomic E-state index is 14.0. The van der Waals surface area contributed by atoms with Gasteiger partial charge in [-0.15, -0.1) is 0 Å². The van der Waals surface area contributed by atoms with Gasteiger partial charge in [0.2, 0.25) is 10.0 Å². The lowest BCUT2D eigenvalue weighted by Crippen LogP contribution is -2.33. The first-order chi connectivity index (χ1) is 16.0. The van der Waals surface area contributed by atoms with E-state index < -0.39 is 16.1 Å². The maximum atomic E-state index is 14.0. The van der Waals surface area contributed by atoms with Crippen molar-refractivity contribution < 1.29 is 8.42 Å². The molecule has 0 aliphatic rings. The minimum atomic E-state index is -3.79. The Morgan fingerprint density at radius 2 is 1.27 bits per heavy atom. The van der Waals surface area contributed by atoms with Crippen LogP contribution in [-0.4, -0.2) is 12.7 Å². The molecular weight excluding hydrogens is 426 g/mol. The molecule has 0 aromatic heterocycles. The van der Waals surface area contributed by atoms with Gasteiger partial charge >= 0.3 is 0 Å². The van der Waals surface area contributed by atoms with Crippen LogP contribution in [0, 0.1) is 6.92 Å². The van der Waals surface area contributed by atoms with Gasteiger partial charge in [-0.2, -0.15) is 4.31 Å². The minimum Gasteiger partial charge on any atom is -0.207 e. The van der Waals surface area contributed by atoms with E-state index in [1.165, 1.54) is 0 Å². The second-order valence-corrected chi connectivity index (χ2v) is 9.86. The van der Waals surface area contributed by atoms with Crippen LogP contribution >= 0.6 is 0 Å². The van der Waals surface area contributed by atoms with Gasteiger partial charge in [-0.05, 0) is 35.7 Å². The Morgan fingerprint density at radius 1 is 0.727 bits per heavy atom. The standard InChI is InChI=1S/C29H27NO2S/c1-24-17-20-28(21-18-24)33(31,32)30(23-26-13-7-3-8-14-26)29(27-15-9-4-10-16-27)22-19-25-11-5-2-6-12-25/h2-22,29H,23H2,1H3/b22-19+/t29-/m0/s1. The summed E-state index contributed by atoms with van der Waals surface area (Å²) in [6.45, 7) is 2.21. The molecule has 0 aliphatic heterocycles. The van der Waals surface area contributed by atoms with Crippen molar-refractivity contribution in [1.29, 1.82) is 0 Å². The van der Waals surface area contributed by atoms with Crippen LogP contribution in [0.2, 0.25) is 0 Å². The Hall–Kier alpha value is -3.47. The van der Waals surface area contributed by atoms with E-state index in [9.17, 15) is 8.42 Å². The van der Waals surface area contributed by atoms with E-state index in [-0.39, 0.29) is 11.4 Å². The monoisotopic (exact) mass is 453 g/mol. The average molecular weight is 454 g/mol. The van der Waals surface area contributed by atoms with Crippen LogP contribution in [0.5, 0.6) is 0 Å². The molecule has 33 heavy (non-hydrogen) atoms. The van der Waals surface area contributed by atoms with Crippen molar-refractivity contribution in [3.63, 3.8) is 0 Å². The Kier molecular flexibility index (Phi) is 7.18. The fourth-order valence-electron chi connectivity index (χ4n) is 3.73. The molecule has 4 aromatic rings. The minimum absolute atomic E-state index is 0.260. The number of aryl methyl sites for hydroxylation is 1. The van der Waals surface area contributed by atoms with Gasteiger partial charge in [-0.25, -0.2) is 8.42 Å². The molecule has 0 unspecified atom stereocenters. The second kappa shape index (κ2) is 10.4. The lowest BCUT2D eigenvalue weighted by molar-refractivity contribution is 0.362. The van der Waals surface area contributed by atoms with E-state index in [4.69, 9.17) is 0 Å². The van der Waals surface area contributed by atoms with Gasteiger partial charge in [0.15, 0.2) is 0 Å². The summed E-state index contributed by atoms with van der Waals surface area (Å²) in [7, 11) is -3.79. The molecule has 0 N–H and O–H groups in total. The van der Waals surface area contributed by atoms with E-state index in [0.717, 1.165) is 22.3 Å². The van der Waals surface area contributed by atoms with Gasteiger partial charge in [0.1, 0.15) is 0 Å². The molecule has 4 rings (SSSR count). The average Bonchev–Trinajstić information content (AvgIpc) is 2.85. The van der Waals surface area contributed by atoms with Gasteiger partial charge in [0.25, 0.3) is 0 Å². The molecule has 0 fully saturated rings. The fraction of sp³-hybridized carbons (Fsp3) is 0.103. The molecule has 0 amide bonds. The van der Waals surface area contributed by atoms with Crippen LogP contribution in [0.4, 0.5) is 0 Å². The summed E-state index contributed by atoms with van der Waals surface area (Å²) in [5.41, 5.74) is 3.89. The fourth-order valence-corrected chi connectivity index (χ4v) is 5.29. The molecule has 166 valence electrons. The highest BCUT2D eigenvalue weighted by atomic mass is 32.2. The van der Waals surface area contributed by atoms with E-state index in [1.54, 1.807) is 16.4 Å². The predicted molar refractivity (Wildman–Crippen MR) is 135 cm³/mol. The summed E-state index contributed by atoms with van der Waals surface area (Å²) in [4.78, 5) is 0.290. The SMILES string of the molecule is Cc1ccc(S(=O)(=O)N(Cc2ccccc2)[C@@H](/C=C/c2ccccc2)c2ccccc2)cc1. The molecule has 0 bridgehead atoms. The number of hydrogen-bond donors (Lipinski definition) is 0. The molecule has 0 radical (unpaired) electrons. The second-order valence-electron chi connectivity index (χ2n) is 7.97. The van der Waals surface area contributed by atoms with Crippen LogP contribution in [-0.2, 0) is 16.6 Å². The van der Waals surface area contributed by atoms with Crippen LogP contribution in [0.15, 0.2) is 126 Å². The van der Waals surface area contributed by atoms with Crippen molar-refractivity contribution >= 4 is 16.1 Å². The molecular formula is C29H27NO2S. The summed E-state index contributed by atoms with van der Waals surface area (Å²) in [5.74, 6) is 0. The molecule has 0 heterocycles. The van der Waals surface area contributed by atoms with E-state index in [2.05, 4.69) is 0 Å². The number of hydrogen-bond acceptors (Lipinski definition) is 2. The lowest BCUT2D eigenvalue weighted by Gasteiger charge is -2.30. The normalized spacial score (nSPS) is 12.8. The summed E-state index contributed by atoms with van der Waals surface area (Å²) < 4.78 is 29.5. The summed E-state index contributed by atoms with van der Waals surface area (Å²) >= 11 is 0. The van der Waals surface area contributed by atoms with Crippen molar-refractivity contribution in [3.8, 4) is 0 Å². The van der Waals surface area contributed by atoms with Gasteiger partial charge in [0, 0.05) is 6.54 Å². The quantitative estimate of drug-likeness (QED) is 0.300. The smallest absolute Gasteiger partial charge is 0.207 e. The number of rotatable bonds is 8. The Morgan fingerprint density at radius 3 is 1.88 bits per heavy atom. The molecule has 0 spiro atoms. The molecule has 0 saturated carbocycles. The number of nitrogens with zero attached hydrogens (tertiary/aromatic N) is 1.